The number of fused-ring (bicyclic) bond motifs is 1. The fourth-order valence-corrected chi connectivity index (χ4v) is 3.21. The normalized spacial score (nSPS) is 16.1. The molecule has 1 aromatic heterocycles. The predicted octanol–water partition coefficient (Wildman–Crippen LogP) is 3.88. The van der Waals surface area contributed by atoms with E-state index in [9.17, 15) is 0 Å². The molecule has 2 nitrogen and oxygen atoms in total. The van der Waals surface area contributed by atoms with Crippen LogP contribution in [-0.4, -0.2) is 23.0 Å². The van der Waals surface area contributed by atoms with Crippen molar-refractivity contribution in [3.05, 3.63) is 15.6 Å². The number of rotatable bonds is 1. The summed E-state index contributed by atoms with van der Waals surface area (Å²) >= 11 is 1.87. The van der Waals surface area contributed by atoms with E-state index < -0.39 is 0 Å². The fourth-order valence-electron chi connectivity index (χ4n) is 2.18. The van der Waals surface area contributed by atoms with E-state index >= 15 is 0 Å². The van der Waals surface area contributed by atoms with Crippen molar-refractivity contribution >= 4 is 11.3 Å². The number of hydrogen-bond donors (Lipinski definition) is 0. The molecule has 0 radical (unpaired) electrons. The molecule has 98 valence electrons. The lowest BCUT2D eigenvalue weighted by molar-refractivity contribution is 0.178. The van der Waals surface area contributed by atoms with Gasteiger partial charge in [0.1, 0.15) is 0 Å². The minimum Gasteiger partial charge on any atom is -0.297 e. The molecule has 1 aliphatic rings. The van der Waals surface area contributed by atoms with Gasteiger partial charge in [-0.2, -0.15) is 0 Å². The van der Waals surface area contributed by atoms with Crippen molar-refractivity contribution in [1.29, 1.82) is 0 Å². The highest BCUT2D eigenvalue weighted by atomic mass is 32.1. The smallest absolute Gasteiger partial charge is 0.0900 e. The SMILES string of the molecule is CC.Cc1nc2c(s1)CN(CC(C)(C)C)CC2. The van der Waals surface area contributed by atoms with Crippen LogP contribution >= 0.6 is 11.3 Å². The maximum atomic E-state index is 4.57. The quantitative estimate of drug-likeness (QED) is 0.756. The molecule has 2 heterocycles. The summed E-state index contributed by atoms with van der Waals surface area (Å²) < 4.78 is 0. The zero-order chi connectivity index (χ0) is 13.1. The van der Waals surface area contributed by atoms with Gasteiger partial charge in [-0.1, -0.05) is 34.6 Å². The molecule has 0 aromatic carbocycles. The largest absolute Gasteiger partial charge is 0.297 e. The average Bonchev–Trinajstić information content (AvgIpc) is 2.58. The third-order valence-electron chi connectivity index (χ3n) is 2.62. The summed E-state index contributed by atoms with van der Waals surface area (Å²) in [5.41, 5.74) is 1.75. The van der Waals surface area contributed by atoms with Crippen LogP contribution in [0.3, 0.4) is 0 Å². The molecular weight excluding hydrogens is 228 g/mol. The summed E-state index contributed by atoms with van der Waals surface area (Å²) in [7, 11) is 0. The van der Waals surface area contributed by atoms with E-state index in [1.54, 1.807) is 0 Å². The summed E-state index contributed by atoms with van der Waals surface area (Å²) in [5, 5.41) is 1.22. The molecule has 0 saturated heterocycles. The van der Waals surface area contributed by atoms with E-state index in [2.05, 4.69) is 37.6 Å². The van der Waals surface area contributed by atoms with Gasteiger partial charge in [0.25, 0.3) is 0 Å². The van der Waals surface area contributed by atoms with E-state index in [0.717, 1.165) is 13.0 Å². The second-order valence-corrected chi connectivity index (χ2v) is 6.91. The van der Waals surface area contributed by atoms with Gasteiger partial charge in [-0.15, -0.1) is 11.3 Å². The van der Waals surface area contributed by atoms with Crippen molar-refractivity contribution < 1.29 is 0 Å². The molecule has 2 rings (SSSR count). The third kappa shape index (κ3) is 4.40. The van der Waals surface area contributed by atoms with Crippen LogP contribution in [0, 0.1) is 12.3 Å². The maximum absolute atomic E-state index is 4.57. The highest BCUT2D eigenvalue weighted by Crippen LogP contribution is 2.26. The first-order valence-electron chi connectivity index (χ1n) is 6.61. The van der Waals surface area contributed by atoms with Crippen LogP contribution in [-0.2, 0) is 13.0 Å². The Bertz CT molecular complexity index is 350. The standard InChI is InChI=1S/C12H20N2S.C2H6/c1-9-13-10-5-6-14(7-11(10)15-9)8-12(2,3)4;1-2/h5-8H2,1-4H3;1-2H3. The van der Waals surface area contributed by atoms with Crippen LogP contribution in [0.25, 0.3) is 0 Å². The topological polar surface area (TPSA) is 16.1 Å². The van der Waals surface area contributed by atoms with E-state index in [1.165, 1.54) is 28.7 Å². The molecular formula is C14H26N2S. The Balaban J connectivity index is 0.000000686. The summed E-state index contributed by atoms with van der Waals surface area (Å²) in [5.74, 6) is 0. The number of aryl methyl sites for hydroxylation is 1. The van der Waals surface area contributed by atoms with E-state index in [1.807, 2.05) is 25.2 Å². The Hall–Kier alpha value is -0.410. The third-order valence-corrected chi connectivity index (χ3v) is 3.61. The first kappa shape index (κ1) is 14.7. The van der Waals surface area contributed by atoms with Crippen molar-refractivity contribution in [3.8, 4) is 0 Å². The molecule has 0 amide bonds. The number of aromatic nitrogens is 1. The number of thiazole rings is 1. The molecule has 17 heavy (non-hydrogen) atoms. The minimum atomic E-state index is 0.400. The van der Waals surface area contributed by atoms with Gasteiger partial charge in [-0.05, 0) is 12.3 Å². The van der Waals surface area contributed by atoms with Gasteiger partial charge in [0.05, 0.1) is 10.7 Å². The molecule has 0 fully saturated rings. The Labute approximate surface area is 110 Å². The first-order valence-corrected chi connectivity index (χ1v) is 7.43. The van der Waals surface area contributed by atoms with Crippen LogP contribution in [0.5, 0.6) is 0 Å². The van der Waals surface area contributed by atoms with Gasteiger partial charge >= 0.3 is 0 Å². The minimum absolute atomic E-state index is 0.400. The molecule has 0 atom stereocenters. The molecule has 0 aliphatic carbocycles. The van der Waals surface area contributed by atoms with E-state index in [4.69, 9.17) is 0 Å². The van der Waals surface area contributed by atoms with Crippen molar-refractivity contribution in [2.75, 3.05) is 13.1 Å². The second kappa shape index (κ2) is 5.96. The van der Waals surface area contributed by atoms with Crippen LogP contribution < -0.4 is 0 Å². The monoisotopic (exact) mass is 254 g/mol. The molecule has 1 aliphatic heterocycles. The lowest BCUT2D eigenvalue weighted by Gasteiger charge is -2.32. The average molecular weight is 254 g/mol. The Kier molecular flexibility index (Phi) is 5.14. The Morgan fingerprint density at radius 1 is 1.29 bits per heavy atom. The fraction of sp³-hybridized carbons (Fsp3) is 0.786. The van der Waals surface area contributed by atoms with Gasteiger partial charge in [-0.3, -0.25) is 4.90 Å². The molecule has 0 unspecified atom stereocenters. The number of nitrogens with zero attached hydrogens (tertiary/aromatic N) is 2. The van der Waals surface area contributed by atoms with Gasteiger partial charge in [-0.25, -0.2) is 4.98 Å². The molecule has 3 heteroatoms. The van der Waals surface area contributed by atoms with Gasteiger partial charge in [0.15, 0.2) is 0 Å². The highest BCUT2D eigenvalue weighted by Gasteiger charge is 2.23. The lowest BCUT2D eigenvalue weighted by atomic mass is 9.95. The van der Waals surface area contributed by atoms with Gasteiger partial charge < -0.3 is 0 Å². The van der Waals surface area contributed by atoms with E-state index in [-0.39, 0.29) is 0 Å². The van der Waals surface area contributed by atoms with Crippen LogP contribution in [0.4, 0.5) is 0 Å². The number of hydrogen-bond acceptors (Lipinski definition) is 3. The Morgan fingerprint density at radius 3 is 2.53 bits per heavy atom. The summed E-state index contributed by atoms with van der Waals surface area (Å²) in [6, 6.07) is 0. The molecule has 0 N–H and O–H groups in total. The maximum Gasteiger partial charge on any atom is 0.0900 e. The van der Waals surface area contributed by atoms with Crippen molar-refractivity contribution in [3.63, 3.8) is 0 Å². The summed E-state index contributed by atoms with van der Waals surface area (Å²) in [4.78, 5) is 8.62. The zero-order valence-electron chi connectivity index (χ0n) is 12.1. The van der Waals surface area contributed by atoms with E-state index in [0.29, 0.717) is 5.41 Å². The lowest BCUT2D eigenvalue weighted by Crippen LogP contribution is -2.36. The van der Waals surface area contributed by atoms with Crippen LogP contribution in [0.15, 0.2) is 0 Å². The second-order valence-electron chi connectivity index (χ2n) is 5.62. The van der Waals surface area contributed by atoms with Crippen LogP contribution in [0.1, 0.15) is 50.2 Å². The summed E-state index contributed by atoms with van der Waals surface area (Å²) in [6.07, 6.45) is 1.13. The van der Waals surface area contributed by atoms with Crippen LogP contribution in [0.2, 0.25) is 0 Å². The van der Waals surface area contributed by atoms with Crippen molar-refractivity contribution in [1.82, 2.24) is 9.88 Å². The molecule has 0 spiro atoms. The van der Waals surface area contributed by atoms with Crippen molar-refractivity contribution in [2.45, 2.75) is 54.5 Å². The predicted molar refractivity (Wildman–Crippen MR) is 76.6 cm³/mol. The Morgan fingerprint density at radius 2 is 1.94 bits per heavy atom. The highest BCUT2D eigenvalue weighted by molar-refractivity contribution is 7.11. The molecule has 1 aromatic rings. The first-order chi connectivity index (χ1) is 7.94. The van der Waals surface area contributed by atoms with Gasteiger partial charge in [0.2, 0.25) is 0 Å². The van der Waals surface area contributed by atoms with Crippen molar-refractivity contribution in [2.24, 2.45) is 5.41 Å². The van der Waals surface area contributed by atoms with Gasteiger partial charge in [0, 0.05) is 30.9 Å². The summed E-state index contributed by atoms with van der Waals surface area (Å²) in [6.45, 7) is 16.5. The molecule has 0 bridgehead atoms. The zero-order valence-corrected chi connectivity index (χ0v) is 12.9. The molecule has 0 saturated carbocycles.